The number of hydrogen-bond donors (Lipinski definition) is 3. The molecule has 0 saturated carbocycles. The van der Waals surface area contributed by atoms with Gasteiger partial charge in [0.15, 0.2) is 0 Å². The summed E-state index contributed by atoms with van der Waals surface area (Å²) in [7, 11) is 0. The monoisotopic (exact) mass is 423 g/mol. The SMILES string of the molecule is CCCCC(=O)Nc1ccc(C(=O)NNC(=O)C(C)c2ccc(CC(C)C)cc2)cc1. The molecule has 0 aliphatic heterocycles. The zero-order chi connectivity index (χ0) is 22.8. The zero-order valence-corrected chi connectivity index (χ0v) is 18.8. The van der Waals surface area contributed by atoms with E-state index in [-0.39, 0.29) is 11.8 Å². The molecule has 6 heteroatoms. The number of benzene rings is 2. The number of carbonyl (C=O) groups is 3. The van der Waals surface area contributed by atoms with E-state index in [1.54, 1.807) is 31.2 Å². The molecular weight excluding hydrogens is 390 g/mol. The molecular formula is C25H33N3O3. The molecule has 31 heavy (non-hydrogen) atoms. The smallest absolute Gasteiger partial charge is 0.269 e. The van der Waals surface area contributed by atoms with Crippen molar-refractivity contribution in [3.05, 3.63) is 65.2 Å². The van der Waals surface area contributed by atoms with Crippen LogP contribution in [0.1, 0.15) is 74.4 Å². The van der Waals surface area contributed by atoms with E-state index < -0.39 is 11.8 Å². The van der Waals surface area contributed by atoms with Gasteiger partial charge in [-0.2, -0.15) is 0 Å². The molecule has 0 aromatic heterocycles. The maximum atomic E-state index is 12.4. The molecule has 6 nitrogen and oxygen atoms in total. The van der Waals surface area contributed by atoms with E-state index in [0.717, 1.165) is 24.8 Å². The van der Waals surface area contributed by atoms with Crippen molar-refractivity contribution < 1.29 is 14.4 Å². The highest BCUT2D eigenvalue weighted by molar-refractivity contribution is 5.97. The zero-order valence-electron chi connectivity index (χ0n) is 18.8. The molecule has 166 valence electrons. The predicted molar refractivity (Wildman–Crippen MR) is 124 cm³/mol. The Balaban J connectivity index is 1.85. The number of carbonyl (C=O) groups excluding carboxylic acids is 3. The molecule has 0 spiro atoms. The van der Waals surface area contributed by atoms with Gasteiger partial charge in [-0.3, -0.25) is 25.2 Å². The van der Waals surface area contributed by atoms with Gasteiger partial charge < -0.3 is 5.32 Å². The van der Waals surface area contributed by atoms with Crippen molar-refractivity contribution >= 4 is 23.4 Å². The average Bonchev–Trinajstić information content (AvgIpc) is 2.76. The first-order valence-electron chi connectivity index (χ1n) is 10.9. The van der Waals surface area contributed by atoms with Gasteiger partial charge in [-0.25, -0.2) is 0 Å². The first-order valence-corrected chi connectivity index (χ1v) is 10.9. The Bertz CT molecular complexity index is 874. The summed E-state index contributed by atoms with van der Waals surface area (Å²) in [6.45, 7) is 8.17. The highest BCUT2D eigenvalue weighted by Crippen LogP contribution is 2.17. The third kappa shape index (κ3) is 7.89. The van der Waals surface area contributed by atoms with Gasteiger partial charge in [0.05, 0.1) is 5.92 Å². The van der Waals surface area contributed by atoms with Crippen molar-refractivity contribution in [3.8, 4) is 0 Å². The molecule has 3 N–H and O–H groups in total. The van der Waals surface area contributed by atoms with Gasteiger partial charge in [0, 0.05) is 17.7 Å². The summed E-state index contributed by atoms with van der Waals surface area (Å²) in [6, 6.07) is 14.5. The van der Waals surface area contributed by atoms with Gasteiger partial charge in [0.2, 0.25) is 11.8 Å². The maximum absolute atomic E-state index is 12.4. The van der Waals surface area contributed by atoms with Crippen LogP contribution in [0, 0.1) is 5.92 Å². The second kappa shape index (κ2) is 11.9. The fraction of sp³-hybridized carbons (Fsp3) is 0.400. The predicted octanol–water partition coefficient (Wildman–Crippen LogP) is 4.58. The summed E-state index contributed by atoms with van der Waals surface area (Å²) in [5, 5.41) is 2.80. The molecule has 1 unspecified atom stereocenters. The van der Waals surface area contributed by atoms with Crippen LogP contribution in [0.2, 0.25) is 0 Å². The van der Waals surface area contributed by atoms with E-state index >= 15 is 0 Å². The van der Waals surface area contributed by atoms with Crippen LogP contribution < -0.4 is 16.2 Å². The lowest BCUT2D eigenvalue weighted by Gasteiger charge is -2.14. The van der Waals surface area contributed by atoms with Gasteiger partial charge >= 0.3 is 0 Å². The highest BCUT2D eigenvalue weighted by atomic mass is 16.2. The number of amides is 3. The van der Waals surface area contributed by atoms with E-state index in [2.05, 4.69) is 30.0 Å². The summed E-state index contributed by atoms with van der Waals surface area (Å²) in [5.74, 6) is -0.568. The lowest BCUT2D eigenvalue weighted by atomic mass is 9.96. The lowest BCUT2D eigenvalue weighted by Crippen LogP contribution is -2.43. The van der Waals surface area contributed by atoms with Crippen LogP contribution >= 0.6 is 0 Å². The summed E-state index contributed by atoms with van der Waals surface area (Å²) in [5.41, 5.74) is 8.09. The Morgan fingerprint density at radius 2 is 1.52 bits per heavy atom. The summed E-state index contributed by atoms with van der Waals surface area (Å²) >= 11 is 0. The number of unbranched alkanes of at least 4 members (excludes halogenated alkanes) is 1. The molecule has 0 radical (unpaired) electrons. The quantitative estimate of drug-likeness (QED) is 0.516. The van der Waals surface area contributed by atoms with Crippen molar-refractivity contribution in [1.82, 2.24) is 10.9 Å². The molecule has 0 saturated heterocycles. The third-order valence-electron chi connectivity index (χ3n) is 5.00. The Morgan fingerprint density at radius 3 is 2.10 bits per heavy atom. The Labute approximate surface area is 184 Å². The highest BCUT2D eigenvalue weighted by Gasteiger charge is 2.16. The van der Waals surface area contributed by atoms with Crippen LogP contribution in [-0.2, 0) is 16.0 Å². The van der Waals surface area contributed by atoms with Gasteiger partial charge in [0.1, 0.15) is 0 Å². The second-order valence-corrected chi connectivity index (χ2v) is 8.23. The first kappa shape index (κ1) is 24.1. The van der Waals surface area contributed by atoms with Crippen LogP contribution in [0.5, 0.6) is 0 Å². The van der Waals surface area contributed by atoms with Crippen LogP contribution in [0.25, 0.3) is 0 Å². The molecule has 2 aromatic carbocycles. The molecule has 0 heterocycles. The van der Waals surface area contributed by atoms with Gasteiger partial charge in [-0.15, -0.1) is 0 Å². The van der Waals surface area contributed by atoms with Crippen molar-refractivity contribution in [2.45, 2.75) is 59.3 Å². The Hall–Kier alpha value is -3.15. The van der Waals surface area contributed by atoms with Crippen molar-refractivity contribution in [1.29, 1.82) is 0 Å². The molecule has 2 rings (SSSR count). The largest absolute Gasteiger partial charge is 0.326 e. The van der Waals surface area contributed by atoms with E-state index in [0.29, 0.717) is 23.6 Å². The number of hydrogen-bond acceptors (Lipinski definition) is 3. The average molecular weight is 424 g/mol. The standard InChI is InChI=1S/C25H33N3O3/c1-5-6-7-23(29)26-22-14-12-21(13-15-22)25(31)28-27-24(30)18(4)20-10-8-19(9-11-20)16-17(2)3/h8-15,17-18H,5-7,16H2,1-4H3,(H,26,29)(H,27,30)(H,28,31). The maximum Gasteiger partial charge on any atom is 0.269 e. The van der Waals surface area contributed by atoms with Gasteiger partial charge in [0.25, 0.3) is 5.91 Å². The van der Waals surface area contributed by atoms with Crippen molar-refractivity contribution in [2.24, 2.45) is 5.92 Å². The first-order chi connectivity index (χ1) is 14.8. The third-order valence-corrected chi connectivity index (χ3v) is 5.00. The fourth-order valence-electron chi connectivity index (χ4n) is 3.13. The molecule has 0 bridgehead atoms. The molecule has 0 aliphatic rings. The molecule has 2 aromatic rings. The Morgan fingerprint density at radius 1 is 0.871 bits per heavy atom. The van der Waals surface area contributed by atoms with Crippen LogP contribution in [0.3, 0.4) is 0 Å². The Kier molecular flexibility index (Phi) is 9.25. The topological polar surface area (TPSA) is 87.3 Å². The van der Waals surface area contributed by atoms with Crippen LogP contribution in [0.4, 0.5) is 5.69 Å². The van der Waals surface area contributed by atoms with Crippen LogP contribution in [-0.4, -0.2) is 17.7 Å². The van der Waals surface area contributed by atoms with Crippen LogP contribution in [0.15, 0.2) is 48.5 Å². The minimum Gasteiger partial charge on any atom is -0.326 e. The molecule has 0 fully saturated rings. The minimum absolute atomic E-state index is 0.0439. The van der Waals surface area contributed by atoms with E-state index in [1.807, 2.05) is 31.2 Å². The van der Waals surface area contributed by atoms with Crippen molar-refractivity contribution in [2.75, 3.05) is 5.32 Å². The summed E-state index contributed by atoms with van der Waals surface area (Å²) < 4.78 is 0. The lowest BCUT2D eigenvalue weighted by molar-refractivity contribution is -0.123. The second-order valence-electron chi connectivity index (χ2n) is 8.23. The van der Waals surface area contributed by atoms with E-state index in [1.165, 1.54) is 5.56 Å². The van der Waals surface area contributed by atoms with Gasteiger partial charge in [-0.1, -0.05) is 51.5 Å². The molecule has 0 aliphatic carbocycles. The number of anilines is 1. The number of nitrogens with one attached hydrogen (secondary N) is 3. The normalized spacial score (nSPS) is 11.6. The number of hydrazine groups is 1. The minimum atomic E-state index is -0.420. The summed E-state index contributed by atoms with van der Waals surface area (Å²) in [6.07, 6.45) is 3.27. The van der Waals surface area contributed by atoms with Crippen molar-refractivity contribution in [3.63, 3.8) is 0 Å². The molecule has 1 atom stereocenters. The number of rotatable bonds is 9. The summed E-state index contributed by atoms with van der Waals surface area (Å²) in [4.78, 5) is 36.5. The molecule has 3 amide bonds. The van der Waals surface area contributed by atoms with E-state index in [4.69, 9.17) is 0 Å². The van der Waals surface area contributed by atoms with E-state index in [9.17, 15) is 14.4 Å². The van der Waals surface area contributed by atoms with Gasteiger partial charge in [-0.05, 0) is 61.1 Å². The fourth-order valence-corrected chi connectivity index (χ4v) is 3.13.